The molecular formula is C18H16N8O4. The van der Waals surface area contributed by atoms with Crippen LogP contribution in [0.2, 0.25) is 0 Å². The standard InChI is InChI=1S/C18H16N8O4/c1-11(24-28)15-9-16(22-21-15)18(27)20-5-7-25-6-4-14(23-25)12-2-3-13(10-19)17(8-12)26(29)30/h2-4,6,8-9,28H,5,7H2,1H3,(H,20,27)(H,21,22). The monoisotopic (exact) mass is 408 g/mol. The van der Waals surface area contributed by atoms with Gasteiger partial charge >= 0.3 is 0 Å². The van der Waals surface area contributed by atoms with Crippen molar-refractivity contribution in [1.29, 1.82) is 5.26 Å². The maximum absolute atomic E-state index is 12.1. The Kier molecular flexibility index (Phi) is 5.83. The highest BCUT2D eigenvalue weighted by atomic mass is 16.6. The average Bonchev–Trinajstić information content (AvgIpc) is 3.42. The van der Waals surface area contributed by atoms with E-state index in [0.29, 0.717) is 23.5 Å². The van der Waals surface area contributed by atoms with E-state index in [4.69, 9.17) is 10.5 Å². The molecule has 0 spiro atoms. The summed E-state index contributed by atoms with van der Waals surface area (Å²) >= 11 is 0. The van der Waals surface area contributed by atoms with Crippen molar-refractivity contribution in [1.82, 2.24) is 25.3 Å². The molecule has 0 saturated carbocycles. The number of benzene rings is 1. The zero-order chi connectivity index (χ0) is 21.7. The molecule has 1 aromatic carbocycles. The van der Waals surface area contributed by atoms with Crippen molar-refractivity contribution in [3.05, 3.63) is 63.6 Å². The first-order chi connectivity index (χ1) is 14.4. The number of nitrogens with one attached hydrogen (secondary N) is 2. The topological polar surface area (TPSA) is 175 Å². The molecule has 3 aromatic rings. The van der Waals surface area contributed by atoms with Crippen molar-refractivity contribution in [2.75, 3.05) is 6.54 Å². The lowest BCUT2D eigenvalue weighted by atomic mass is 10.1. The number of carbonyl (C=O) groups is 1. The van der Waals surface area contributed by atoms with E-state index in [-0.39, 0.29) is 35.1 Å². The fourth-order valence-corrected chi connectivity index (χ4v) is 2.63. The number of H-pyrrole nitrogens is 1. The van der Waals surface area contributed by atoms with Crippen molar-refractivity contribution < 1.29 is 14.9 Å². The van der Waals surface area contributed by atoms with E-state index in [1.807, 2.05) is 0 Å². The number of nitro benzene ring substituents is 1. The van der Waals surface area contributed by atoms with Crippen LogP contribution in [0, 0.1) is 21.4 Å². The number of oxime groups is 1. The van der Waals surface area contributed by atoms with E-state index in [1.54, 1.807) is 36.0 Å². The van der Waals surface area contributed by atoms with Gasteiger partial charge in [-0.05, 0) is 25.1 Å². The van der Waals surface area contributed by atoms with Crippen LogP contribution in [-0.2, 0) is 6.54 Å². The van der Waals surface area contributed by atoms with E-state index in [2.05, 4.69) is 25.8 Å². The minimum atomic E-state index is -0.608. The van der Waals surface area contributed by atoms with Gasteiger partial charge in [0.05, 0.1) is 17.2 Å². The Hall–Kier alpha value is -4.53. The fourth-order valence-electron chi connectivity index (χ4n) is 2.63. The highest BCUT2D eigenvalue weighted by Gasteiger charge is 2.16. The quantitative estimate of drug-likeness (QED) is 0.230. The lowest BCUT2D eigenvalue weighted by Gasteiger charge is -2.04. The molecule has 0 aliphatic carbocycles. The second-order valence-corrected chi connectivity index (χ2v) is 6.17. The SMILES string of the molecule is CC(=NO)c1cc(C(=O)NCCn2ccc(-c3ccc(C#N)c([N+](=O)[O-])c3)n2)[nH]n1. The zero-order valence-corrected chi connectivity index (χ0v) is 15.7. The molecule has 152 valence electrons. The lowest BCUT2D eigenvalue weighted by molar-refractivity contribution is -0.385. The average molecular weight is 408 g/mol. The van der Waals surface area contributed by atoms with Gasteiger partial charge in [0.2, 0.25) is 0 Å². The fraction of sp³-hybridized carbons (Fsp3) is 0.167. The summed E-state index contributed by atoms with van der Waals surface area (Å²) in [5.74, 6) is -0.380. The zero-order valence-electron chi connectivity index (χ0n) is 15.7. The summed E-state index contributed by atoms with van der Waals surface area (Å²) in [4.78, 5) is 22.6. The molecule has 0 aliphatic heterocycles. The van der Waals surface area contributed by atoms with Crippen molar-refractivity contribution in [2.24, 2.45) is 5.16 Å². The molecule has 0 bridgehead atoms. The molecule has 2 heterocycles. The number of nitrogens with zero attached hydrogens (tertiary/aromatic N) is 6. The highest BCUT2D eigenvalue weighted by Crippen LogP contribution is 2.25. The summed E-state index contributed by atoms with van der Waals surface area (Å²) in [7, 11) is 0. The Balaban J connectivity index is 1.62. The van der Waals surface area contributed by atoms with E-state index in [9.17, 15) is 14.9 Å². The third kappa shape index (κ3) is 4.30. The smallest absolute Gasteiger partial charge is 0.287 e. The number of nitro groups is 1. The Bertz CT molecular complexity index is 1170. The number of hydrogen-bond donors (Lipinski definition) is 3. The van der Waals surface area contributed by atoms with Gasteiger partial charge in [-0.3, -0.25) is 24.7 Å². The van der Waals surface area contributed by atoms with Crippen molar-refractivity contribution >= 4 is 17.3 Å². The van der Waals surface area contributed by atoms with E-state index >= 15 is 0 Å². The Labute approximate surface area is 169 Å². The van der Waals surface area contributed by atoms with Gasteiger partial charge in [0, 0.05) is 24.4 Å². The number of amides is 1. The summed E-state index contributed by atoms with van der Waals surface area (Å²) < 4.78 is 1.58. The largest absolute Gasteiger partial charge is 0.411 e. The lowest BCUT2D eigenvalue weighted by Crippen LogP contribution is -2.27. The molecule has 1 amide bonds. The Morgan fingerprint density at radius 1 is 1.43 bits per heavy atom. The Morgan fingerprint density at radius 3 is 2.93 bits per heavy atom. The number of nitriles is 1. The van der Waals surface area contributed by atoms with Crippen LogP contribution in [0.15, 0.2) is 41.7 Å². The van der Waals surface area contributed by atoms with Crippen LogP contribution < -0.4 is 5.32 Å². The Morgan fingerprint density at radius 2 is 2.23 bits per heavy atom. The molecule has 3 N–H and O–H groups in total. The van der Waals surface area contributed by atoms with Crippen LogP contribution in [0.1, 0.15) is 28.7 Å². The first-order valence-electron chi connectivity index (χ1n) is 8.68. The predicted molar refractivity (Wildman–Crippen MR) is 104 cm³/mol. The summed E-state index contributed by atoms with van der Waals surface area (Å²) in [6.45, 7) is 2.19. The second kappa shape index (κ2) is 8.65. The van der Waals surface area contributed by atoms with E-state index in [1.165, 1.54) is 18.2 Å². The molecule has 2 aromatic heterocycles. The molecule has 30 heavy (non-hydrogen) atoms. The highest BCUT2D eigenvalue weighted by molar-refractivity contribution is 5.99. The summed E-state index contributed by atoms with van der Waals surface area (Å²) in [6.07, 6.45) is 1.68. The molecular weight excluding hydrogens is 392 g/mol. The number of hydrogen-bond acceptors (Lipinski definition) is 8. The molecule has 0 aliphatic rings. The molecule has 0 saturated heterocycles. The molecule has 0 fully saturated rings. The van der Waals surface area contributed by atoms with Gasteiger partial charge in [0.1, 0.15) is 28.7 Å². The minimum absolute atomic E-state index is 0.0201. The summed E-state index contributed by atoms with van der Waals surface area (Å²) in [5.41, 5.74) is 1.57. The summed E-state index contributed by atoms with van der Waals surface area (Å²) in [5, 5.41) is 45.3. The van der Waals surface area contributed by atoms with Gasteiger partial charge < -0.3 is 10.5 Å². The van der Waals surface area contributed by atoms with Crippen LogP contribution in [-0.4, -0.2) is 48.3 Å². The molecule has 12 nitrogen and oxygen atoms in total. The van der Waals surface area contributed by atoms with Crippen LogP contribution in [0.3, 0.4) is 0 Å². The van der Waals surface area contributed by atoms with Gasteiger partial charge in [0.25, 0.3) is 11.6 Å². The molecule has 0 radical (unpaired) electrons. The van der Waals surface area contributed by atoms with Gasteiger partial charge in [-0.25, -0.2) is 0 Å². The van der Waals surface area contributed by atoms with Crippen molar-refractivity contribution in [3.63, 3.8) is 0 Å². The second-order valence-electron chi connectivity index (χ2n) is 6.17. The van der Waals surface area contributed by atoms with Gasteiger partial charge in [-0.2, -0.15) is 15.5 Å². The predicted octanol–water partition coefficient (Wildman–Crippen LogP) is 1.68. The third-order valence-corrected chi connectivity index (χ3v) is 4.22. The van der Waals surface area contributed by atoms with Crippen LogP contribution in [0.4, 0.5) is 5.69 Å². The molecule has 3 rings (SSSR count). The third-order valence-electron chi connectivity index (χ3n) is 4.22. The number of aromatic amines is 1. The minimum Gasteiger partial charge on any atom is -0.411 e. The maximum Gasteiger partial charge on any atom is 0.287 e. The van der Waals surface area contributed by atoms with Crippen molar-refractivity contribution in [3.8, 4) is 17.3 Å². The van der Waals surface area contributed by atoms with Gasteiger partial charge in [-0.15, -0.1) is 0 Å². The van der Waals surface area contributed by atoms with Crippen LogP contribution in [0.25, 0.3) is 11.3 Å². The van der Waals surface area contributed by atoms with Crippen molar-refractivity contribution in [2.45, 2.75) is 13.5 Å². The number of rotatable bonds is 7. The number of aromatic nitrogens is 4. The molecule has 0 atom stereocenters. The molecule has 0 unspecified atom stereocenters. The van der Waals surface area contributed by atoms with Crippen LogP contribution in [0.5, 0.6) is 0 Å². The van der Waals surface area contributed by atoms with E-state index < -0.39 is 4.92 Å². The number of carbonyl (C=O) groups excluding carboxylic acids is 1. The van der Waals surface area contributed by atoms with E-state index in [0.717, 1.165) is 0 Å². The van der Waals surface area contributed by atoms with Crippen LogP contribution >= 0.6 is 0 Å². The normalized spacial score (nSPS) is 11.1. The summed E-state index contributed by atoms with van der Waals surface area (Å²) in [6, 6.07) is 9.22. The molecule has 12 heteroatoms. The van der Waals surface area contributed by atoms with Gasteiger partial charge in [-0.1, -0.05) is 11.2 Å². The first kappa shape index (κ1) is 20.2. The maximum atomic E-state index is 12.1. The first-order valence-corrected chi connectivity index (χ1v) is 8.68. The van der Waals surface area contributed by atoms with Gasteiger partial charge in [0.15, 0.2) is 0 Å².